The first-order valence-corrected chi connectivity index (χ1v) is 9.90. The number of thiazole rings is 1. The molecule has 4 rings (SSSR count). The number of allylic oxidation sites excluding steroid dienone is 1. The molecule has 160 valence electrons. The van der Waals surface area contributed by atoms with E-state index in [0.29, 0.717) is 21.8 Å². The number of aromatic nitrogens is 1. The minimum Gasteiger partial charge on any atom is -0.507 e. The van der Waals surface area contributed by atoms with Gasteiger partial charge >= 0.3 is 6.18 Å². The number of phenols is 1. The van der Waals surface area contributed by atoms with Gasteiger partial charge in [-0.1, -0.05) is 18.2 Å². The number of hydrazone groups is 1. The van der Waals surface area contributed by atoms with E-state index in [1.54, 1.807) is 18.2 Å². The fraction of sp³-hybridized carbons (Fsp3) is 0.143. The third kappa shape index (κ3) is 4.04. The van der Waals surface area contributed by atoms with Gasteiger partial charge in [0, 0.05) is 16.5 Å². The highest BCUT2D eigenvalue weighted by molar-refractivity contribution is 7.14. The Morgan fingerprint density at radius 3 is 2.45 bits per heavy atom. The molecular weight excluding hydrogens is 434 g/mol. The van der Waals surface area contributed by atoms with E-state index in [-0.39, 0.29) is 16.6 Å². The van der Waals surface area contributed by atoms with Crippen molar-refractivity contribution in [2.45, 2.75) is 18.3 Å². The second-order valence-corrected chi connectivity index (χ2v) is 7.65. The summed E-state index contributed by atoms with van der Waals surface area (Å²) in [7, 11) is 0. The van der Waals surface area contributed by atoms with E-state index in [0.717, 1.165) is 11.3 Å². The molecule has 0 saturated carbocycles. The van der Waals surface area contributed by atoms with Gasteiger partial charge in [0.05, 0.1) is 17.8 Å². The summed E-state index contributed by atoms with van der Waals surface area (Å²) >= 11 is 0.873. The van der Waals surface area contributed by atoms with Gasteiger partial charge in [0.2, 0.25) is 5.13 Å². The summed E-state index contributed by atoms with van der Waals surface area (Å²) in [6.07, 6.45) is -3.10. The van der Waals surface area contributed by atoms with Crippen molar-refractivity contribution in [3.63, 3.8) is 0 Å². The molecule has 1 unspecified atom stereocenters. The van der Waals surface area contributed by atoms with Crippen LogP contribution in [0.25, 0.3) is 17.3 Å². The lowest BCUT2D eigenvalue weighted by atomic mass is 10.1. The lowest BCUT2D eigenvalue weighted by Gasteiger charge is -2.32. The Morgan fingerprint density at radius 2 is 1.77 bits per heavy atom. The summed E-state index contributed by atoms with van der Waals surface area (Å²) in [5.41, 5.74) is -2.07. The van der Waals surface area contributed by atoms with E-state index in [1.807, 2.05) is 0 Å². The van der Waals surface area contributed by atoms with Crippen LogP contribution in [0, 0.1) is 5.82 Å². The summed E-state index contributed by atoms with van der Waals surface area (Å²) < 4.78 is 54.4. The predicted molar refractivity (Wildman–Crippen MR) is 110 cm³/mol. The molecule has 1 aromatic heterocycles. The molecular formula is C21H15F4N3O2S. The van der Waals surface area contributed by atoms with Crippen molar-refractivity contribution in [1.29, 1.82) is 0 Å². The summed E-state index contributed by atoms with van der Waals surface area (Å²) in [6, 6.07) is 11.7. The molecule has 0 aliphatic carbocycles. The summed E-state index contributed by atoms with van der Waals surface area (Å²) in [5, 5.41) is 26.1. The second-order valence-electron chi connectivity index (χ2n) is 6.81. The normalized spacial score (nSPS) is 19.3. The molecule has 2 N–H and O–H groups in total. The van der Waals surface area contributed by atoms with Crippen molar-refractivity contribution < 1.29 is 27.8 Å². The Morgan fingerprint density at radius 1 is 1.06 bits per heavy atom. The van der Waals surface area contributed by atoms with Crippen molar-refractivity contribution in [2.24, 2.45) is 5.10 Å². The molecule has 0 bridgehead atoms. The van der Waals surface area contributed by atoms with Gasteiger partial charge in [-0.2, -0.15) is 23.3 Å². The second kappa shape index (κ2) is 7.78. The molecule has 5 nitrogen and oxygen atoms in total. The number of aromatic hydroxyl groups is 1. The summed E-state index contributed by atoms with van der Waals surface area (Å²) in [4.78, 5) is 4.16. The first kappa shape index (κ1) is 21.0. The fourth-order valence-corrected chi connectivity index (χ4v) is 3.87. The molecule has 0 spiro atoms. The van der Waals surface area contributed by atoms with E-state index in [1.165, 1.54) is 47.9 Å². The quantitative estimate of drug-likeness (QED) is 0.539. The van der Waals surface area contributed by atoms with Crippen molar-refractivity contribution in [2.75, 3.05) is 5.01 Å². The molecule has 1 atom stereocenters. The van der Waals surface area contributed by atoms with Crippen LogP contribution in [0.1, 0.15) is 12.0 Å². The summed E-state index contributed by atoms with van der Waals surface area (Å²) in [5.74, 6) is -0.486. The standard InChI is InChI=1S/C21H15F4N3O2S/c22-15-8-5-13(6-9-15)17-12-31-19(26-17)28-20(30,21(23,24)25)11-16(27-28)10-7-14-3-1-2-4-18(14)29/h1-10,12,29-30H,11H2. The Hall–Kier alpha value is -3.24. The molecule has 1 aliphatic heterocycles. The SMILES string of the molecule is Oc1ccccc1C=CC1=NN(c2nc(-c3ccc(F)cc3)cs2)C(O)(C(F)(F)F)C1. The average Bonchev–Trinajstić information content (AvgIpc) is 3.33. The van der Waals surface area contributed by atoms with E-state index < -0.39 is 24.1 Å². The van der Waals surface area contributed by atoms with Crippen LogP contribution >= 0.6 is 11.3 Å². The van der Waals surface area contributed by atoms with Gasteiger partial charge in [-0.25, -0.2) is 9.37 Å². The van der Waals surface area contributed by atoms with E-state index >= 15 is 0 Å². The van der Waals surface area contributed by atoms with Gasteiger partial charge in [-0.3, -0.25) is 0 Å². The number of alkyl halides is 3. The van der Waals surface area contributed by atoms with Gasteiger partial charge in [-0.15, -0.1) is 11.3 Å². The molecule has 0 radical (unpaired) electrons. The lowest BCUT2D eigenvalue weighted by Crippen LogP contribution is -2.55. The van der Waals surface area contributed by atoms with Crippen LogP contribution in [-0.4, -0.2) is 32.8 Å². The van der Waals surface area contributed by atoms with Gasteiger partial charge in [0.15, 0.2) is 0 Å². The maximum Gasteiger partial charge on any atom is 0.438 e. The van der Waals surface area contributed by atoms with Crippen LogP contribution in [0.3, 0.4) is 0 Å². The minimum atomic E-state index is -5.01. The van der Waals surface area contributed by atoms with Crippen LogP contribution in [-0.2, 0) is 0 Å². The zero-order valence-electron chi connectivity index (χ0n) is 15.7. The Balaban J connectivity index is 1.68. The van der Waals surface area contributed by atoms with E-state index in [9.17, 15) is 27.8 Å². The number of anilines is 1. The van der Waals surface area contributed by atoms with Gasteiger partial charge in [0.1, 0.15) is 11.6 Å². The predicted octanol–water partition coefficient (Wildman–Crippen LogP) is 5.19. The monoisotopic (exact) mass is 449 g/mol. The molecule has 2 heterocycles. The highest BCUT2D eigenvalue weighted by Gasteiger charge is 2.62. The van der Waals surface area contributed by atoms with E-state index in [4.69, 9.17) is 0 Å². The number of halogens is 4. The lowest BCUT2D eigenvalue weighted by molar-refractivity contribution is -0.254. The Labute approximate surface area is 178 Å². The maximum atomic E-state index is 13.8. The zero-order chi connectivity index (χ0) is 22.2. The molecule has 31 heavy (non-hydrogen) atoms. The number of benzene rings is 2. The maximum absolute atomic E-state index is 13.8. The first-order chi connectivity index (χ1) is 14.7. The third-order valence-electron chi connectivity index (χ3n) is 4.67. The molecule has 1 aliphatic rings. The van der Waals surface area contributed by atoms with Crippen LogP contribution in [0.5, 0.6) is 5.75 Å². The molecule has 3 aromatic rings. The number of aliphatic hydroxyl groups is 1. The molecule has 10 heteroatoms. The topological polar surface area (TPSA) is 69.0 Å². The molecule has 0 fully saturated rings. The highest BCUT2D eigenvalue weighted by atomic mass is 32.1. The fourth-order valence-electron chi connectivity index (χ4n) is 3.02. The largest absolute Gasteiger partial charge is 0.507 e. The molecule has 0 saturated heterocycles. The third-order valence-corrected chi connectivity index (χ3v) is 5.48. The Kier molecular flexibility index (Phi) is 5.28. The highest BCUT2D eigenvalue weighted by Crippen LogP contribution is 2.44. The first-order valence-electron chi connectivity index (χ1n) is 9.02. The van der Waals surface area contributed by atoms with Crippen LogP contribution in [0.15, 0.2) is 65.1 Å². The van der Waals surface area contributed by atoms with Crippen molar-refractivity contribution in [1.82, 2.24) is 4.98 Å². The van der Waals surface area contributed by atoms with Crippen molar-refractivity contribution in [3.8, 4) is 17.0 Å². The number of phenolic OH excluding ortho intramolecular Hbond substituents is 1. The molecule has 0 amide bonds. The number of hydrogen-bond donors (Lipinski definition) is 2. The molecule has 2 aromatic carbocycles. The number of hydrogen-bond acceptors (Lipinski definition) is 6. The Bertz CT molecular complexity index is 1160. The van der Waals surface area contributed by atoms with Crippen molar-refractivity contribution in [3.05, 3.63) is 71.4 Å². The average molecular weight is 449 g/mol. The van der Waals surface area contributed by atoms with Crippen LogP contribution in [0.2, 0.25) is 0 Å². The van der Waals surface area contributed by atoms with E-state index in [2.05, 4.69) is 10.1 Å². The van der Waals surface area contributed by atoms with Crippen molar-refractivity contribution >= 4 is 28.3 Å². The number of rotatable bonds is 4. The van der Waals surface area contributed by atoms with Gasteiger partial charge in [0.25, 0.3) is 5.72 Å². The number of nitrogens with zero attached hydrogens (tertiary/aromatic N) is 3. The zero-order valence-corrected chi connectivity index (χ0v) is 16.5. The minimum absolute atomic E-state index is 0.0378. The number of para-hydroxylation sites is 1. The summed E-state index contributed by atoms with van der Waals surface area (Å²) in [6.45, 7) is 0. The van der Waals surface area contributed by atoms with Gasteiger partial charge < -0.3 is 10.2 Å². The van der Waals surface area contributed by atoms with Crippen LogP contribution in [0.4, 0.5) is 22.7 Å². The smallest absolute Gasteiger partial charge is 0.438 e. The van der Waals surface area contributed by atoms with Gasteiger partial charge in [-0.05, 0) is 42.5 Å². The van der Waals surface area contributed by atoms with Crippen LogP contribution < -0.4 is 5.01 Å².